The topological polar surface area (TPSA) is 98.7 Å². The maximum atomic E-state index is 11.7. The Morgan fingerprint density at radius 1 is 1.21 bits per heavy atom. The summed E-state index contributed by atoms with van der Waals surface area (Å²) in [4.78, 5) is 35.4. The zero-order chi connectivity index (χ0) is 15.0. The predicted octanol–water partition coefficient (Wildman–Crippen LogP) is 0.406. The maximum absolute atomic E-state index is 11.7. The van der Waals surface area contributed by atoms with E-state index in [1.165, 1.54) is 4.90 Å². The van der Waals surface area contributed by atoms with E-state index in [1.54, 1.807) is 20.9 Å². The lowest BCUT2D eigenvalue weighted by Gasteiger charge is -2.22. The van der Waals surface area contributed by atoms with Gasteiger partial charge in [0.05, 0.1) is 6.42 Å². The molecule has 2 unspecified atom stereocenters. The average Bonchev–Trinajstić information content (AvgIpc) is 2.35. The molecule has 0 aromatic carbocycles. The van der Waals surface area contributed by atoms with Gasteiger partial charge in [-0.3, -0.25) is 9.59 Å². The van der Waals surface area contributed by atoms with Gasteiger partial charge in [-0.05, 0) is 20.3 Å². The van der Waals surface area contributed by atoms with Gasteiger partial charge in [-0.25, -0.2) is 4.79 Å². The highest BCUT2D eigenvalue weighted by Crippen LogP contribution is 1.98. The van der Waals surface area contributed by atoms with Crippen LogP contribution in [0.1, 0.15) is 33.6 Å². The van der Waals surface area contributed by atoms with Gasteiger partial charge in [0, 0.05) is 19.6 Å². The third-order valence-electron chi connectivity index (χ3n) is 2.82. The molecule has 7 heteroatoms. The van der Waals surface area contributed by atoms with Crippen molar-refractivity contribution in [2.24, 2.45) is 0 Å². The number of aliphatic carboxylic acids is 1. The number of hydrogen-bond donors (Lipinski definition) is 3. The number of urea groups is 1. The first kappa shape index (κ1) is 17.2. The van der Waals surface area contributed by atoms with Crippen molar-refractivity contribution in [1.82, 2.24) is 15.5 Å². The van der Waals surface area contributed by atoms with Crippen molar-refractivity contribution < 1.29 is 19.5 Å². The van der Waals surface area contributed by atoms with E-state index in [9.17, 15) is 14.4 Å². The summed E-state index contributed by atoms with van der Waals surface area (Å²) < 4.78 is 0. The highest BCUT2D eigenvalue weighted by molar-refractivity contribution is 5.86. The van der Waals surface area contributed by atoms with E-state index in [-0.39, 0.29) is 12.3 Å². The molecule has 0 aliphatic carbocycles. The average molecular weight is 273 g/mol. The summed E-state index contributed by atoms with van der Waals surface area (Å²) in [5.74, 6) is -1.16. The van der Waals surface area contributed by atoms with Crippen molar-refractivity contribution in [3.05, 3.63) is 0 Å². The van der Waals surface area contributed by atoms with Crippen molar-refractivity contribution in [2.75, 3.05) is 13.6 Å². The largest absolute Gasteiger partial charge is 0.481 e. The first-order valence-corrected chi connectivity index (χ1v) is 6.35. The zero-order valence-electron chi connectivity index (χ0n) is 11.9. The van der Waals surface area contributed by atoms with Crippen LogP contribution in [0.4, 0.5) is 4.79 Å². The standard InChI is InChI=1S/C12H23N3O4/c1-5-9(7-10(16)17)14-12(19)13-8(3)11(18)15(4)6-2/h8-9H,5-7H2,1-4H3,(H,16,17)(H2,13,14,19). The van der Waals surface area contributed by atoms with Gasteiger partial charge in [-0.1, -0.05) is 6.92 Å². The Morgan fingerprint density at radius 3 is 2.21 bits per heavy atom. The van der Waals surface area contributed by atoms with Gasteiger partial charge in [-0.15, -0.1) is 0 Å². The predicted molar refractivity (Wildman–Crippen MR) is 70.8 cm³/mol. The lowest BCUT2D eigenvalue weighted by Crippen LogP contribution is -2.51. The van der Waals surface area contributed by atoms with E-state index in [4.69, 9.17) is 5.11 Å². The van der Waals surface area contributed by atoms with Crippen molar-refractivity contribution in [2.45, 2.75) is 45.7 Å². The van der Waals surface area contributed by atoms with Gasteiger partial charge < -0.3 is 20.6 Å². The van der Waals surface area contributed by atoms with Crippen LogP contribution in [0.15, 0.2) is 0 Å². The van der Waals surface area contributed by atoms with Crippen LogP contribution >= 0.6 is 0 Å². The zero-order valence-corrected chi connectivity index (χ0v) is 11.9. The molecule has 110 valence electrons. The number of likely N-dealkylation sites (N-methyl/N-ethyl adjacent to an activating group) is 1. The number of rotatable bonds is 7. The van der Waals surface area contributed by atoms with Gasteiger partial charge in [0.2, 0.25) is 5.91 Å². The third kappa shape index (κ3) is 6.64. The SMILES string of the molecule is CCC(CC(=O)O)NC(=O)NC(C)C(=O)N(C)CC. The first-order valence-electron chi connectivity index (χ1n) is 6.35. The molecule has 0 spiro atoms. The summed E-state index contributed by atoms with van der Waals surface area (Å²) in [6.45, 7) is 5.77. The van der Waals surface area contributed by atoms with Crippen LogP contribution in [0.25, 0.3) is 0 Å². The minimum Gasteiger partial charge on any atom is -0.481 e. The summed E-state index contributed by atoms with van der Waals surface area (Å²) in [5, 5.41) is 13.7. The number of carboxylic acids is 1. The third-order valence-corrected chi connectivity index (χ3v) is 2.82. The summed E-state index contributed by atoms with van der Waals surface area (Å²) in [7, 11) is 1.65. The Bertz CT molecular complexity index is 333. The molecule has 0 fully saturated rings. The minimum atomic E-state index is -0.970. The molecule has 3 N–H and O–H groups in total. The fourth-order valence-corrected chi connectivity index (χ4v) is 1.48. The van der Waals surface area contributed by atoms with E-state index in [2.05, 4.69) is 10.6 Å². The molecule has 0 saturated heterocycles. The van der Waals surface area contributed by atoms with Gasteiger partial charge in [0.15, 0.2) is 0 Å². The van der Waals surface area contributed by atoms with Crippen molar-refractivity contribution in [1.29, 1.82) is 0 Å². The molecule has 0 heterocycles. The lowest BCUT2D eigenvalue weighted by atomic mass is 10.1. The second kappa shape index (κ2) is 8.34. The molecule has 0 saturated carbocycles. The molecule has 0 rings (SSSR count). The van der Waals surface area contributed by atoms with Crippen LogP contribution in [-0.2, 0) is 9.59 Å². The Balaban J connectivity index is 4.29. The van der Waals surface area contributed by atoms with Crippen molar-refractivity contribution in [3.8, 4) is 0 Å². The number of hydrogen-bond acceptors (Lipinski definition) is 3. The summed E-state index contributed by atoms with van der Waals surface area (Å²) in [5.41, 5.74) is 0. The molecule has 2 atom stereocenters. The van der Waals surface area contributed by atoms with Gasteiger partial charge >= 0.3 is 12.0 Å². The highest BCUT2D eigenvalue weighted by Gasteiger charge is 2.20. The molecular formula is C12H23N3O4. The van der Waals surface area contributed by atoms with Crippen LogP contribution in [0.3, 0.4) is 0 Å². The molecule has 0 aromatic heterocycles. The van der Waals surface area contributed by atoms with Gasteiger partial charge in [0.1, 0.15) is 6.04 Å². The van der Waals surface area contributed by atoms with E-state index >= 15 is 0 Å². The molecule has 3 amide bonds. The molecule has 19 heavy (non-hydrogen) atoms. The summed E-state index contributed by atoms with van der Waals surface area (Å²) in [6, 6.07) is -1.62. The number of nitrogens with one attached hydrogen (secondary N) is 2. The number of carbonyl (C=O) groups excluding carboxylic acids is 2. The van der Waals surface area contributed by atoms with E-state index in [0.29, 0.717) is 13.0 Å². The van der Waals surface area contributed by atoms with Crippen LogP contribution in [0.5, 0.6) is 0 Å². The minimum absolute atomic E-state index is 0.138. The normalized spacial score (nSPS) is 13.3. The molecular weight excluding hydrogens is 250 g/mol. The van der Waals surface area contributed by atoms with Gasteiger partial charge in [0.25, 0.3) is 0 Å². The van der Waals surface area contributed by atoms with E-state index in [1.807, 2.05) is 6.92 Å². The van der Waals surface area contributed by atoms with Crippen LogP contribution in [0.2, 0.25) is 0 Å². The number of carbonyl (C=O) groups is 3. The summed E-state index contributed by atoms with van der Waals surface area (Å²) >= 11 is 0. The molecule has 0 aromatic rings. The second-order valence-electron chi connectivity index (χ2n) is 4.39. The van der Waals surface area contributed by atoms with Gasteiger partial charge in [-0.2, -0.15) is 0 Å². The highest BCUT2D eigenvalue weighted by atomic mass is 16.4. The quantitative estimate of drug-likeness (QED) is 0.625. The van der Waals surface area contributed by atoms with Crippen molar-refractivity contribution in [3.63, 3.8) is 0 Å². The Kier molecular flexibility index (Phi) is 7.55. The Morgan fingerprint density at radius 2 is 1.79 bits per heavy atom. The molecule has 0 radical (unpaired) electrons. The Hall–Kier alpha value is -1.79. The molecule has 0 aliphatic heterocycles. The second-order valence-corrected chi connectivity index (χ2v) is 4.39. The van der Waals surface area contributed by atoms with Crippen LogP contribution in [0, 0.1) is 0 Å². The van der Waals surface area contributed by atoms with Crippen LogP contribution < -0.4 is 10.6 Å². The maximum Gasteiger partial charge on any atom is 0.315 e. The molecule has 7 nitrogen and oxygen atoms in total. The van der Waals surface area contributed by atoms with Crippen LogP contribution in [-0.4, -0.2) is 53.6 Å². The molecule has 0 bridgehead atoms. The lowest BCUT2D eigenvalue weighted by molar-refractivity contribution is -0.137. The smallest absolute Gasteiger partial charge is 0.315 e. The van der Waals surface area contributed by atoms with Crippen molar-refractivity contribution >= 4 is 17.9 Å². The number of amides is 3. The fourth-order valence-electron chi connectivity index (χ4n) is 1.48. The van der Waals surface area contributed by atoms with E-state index in [0.717, 1.165) is 0 Å². The molecule has 0 aliphatic rings. The Labute approximate surface area is 113 Å². The summed E-state index contributed by atoms with van der Waals surface area (Å²) in [6.07, 6.45) is 0.373. The van der Waals surface area contributed by atoms with E-state index < -0.39 is 24.1 Å². The number of carboxylic acid groups (broad SMARTS) is 1. The number of nitrogens with zero attached hydrogens (tertiary/aromatic N) is 1. The monoisotopic (exact) mass is 273 g/mol. The fraction of sp³-hybridized carbons (Fsp3) is 0.750. The first-order chi connectivity index (χ1) is 8.81.